The lowest BCUT2D eigenvalue weighted by Gasteiger charge is -2.40. The minimum absolute atomic E-state index is 0.567. The molecular weight excluding hydrogens is 332 g/mol. The Morgan fingerprint density at radius 3 is 2.05 bits per heavy atom. The summed E-state index contributed by atoms with van der Waals surface area (Å²) < 4.78 is 63.2. The van der Waals surface area contributed by atoms with Crippen LogP contribution >= 0.6 is 0 Å². The van der Waals surface area contributed by atoms with Crippen LogP contribution in [0.25, 0.3) is 0 Å². The molecule has 0 aliphatic carbocycles. The van der Waals surface area contributed by atoms with Crippen molar-refractivity contribution in [1.82, 2.24) is 0 Å². The summed E-state index contributed by atoms with van der Waals surface area (Å²) in [6.45, 7) is -0.567. The molecule has 0 aromatic rings. The van der Waals surface area contributed by atoms with Gasteiger partial charge in [-0.15, -0.1) is 0 Å². The fraction of sp³-hybridized carbons (Fsp3) is 1.00. The van der Waals surface area contributed by atoms with Gasteiger partial charge < -0.3 is 19.7 Å². The summed E-state index contributed by atoms with van der Waals surface area (Å²) >= 11 is 0. The topological polar surface area (TPSA) is 146 Å². The normalized spacial score (nSPS) is 34.8. The van der Waals surface area contributed by atoms with E-state index in [-0.39, 0.29) is 0 Å². The molecule has 0 amide bonds. The van der Waals surface area contributed by atoms with Crippen molar-refractivity contribution in [2.45, 2.75) is 30.7 Å². The molecule has 0 saturated carbocycles. The van der Waals surface area contributed by atoms with Crippen LogP contribution in [0.4, 0.5) is 0 Å². The minimum atomic E-state index is -3.93. The fourth-order valence-electron chi connectivity index (χ4n) is 1.73. The first-order chi connectivity index (χ1) is 9.44. The van der Waals surface area contributed by atoms with Crippen molar-refractivity contribution >= 4 is 20.2 Å². The molecule has 0 aromatic carbocycles. The first kappa shape index (κ1) is 18.7. The van der Waals surface area contributed by atoms with Gasteiger partial charge in [0.1, 0.15) is 18.3 Å². The number of aliphatic hydroxyl groups is 2. The molecule has 1 saturated heterocycles. The summed E-state index contributed by atoms with van der Waals surface area (Å²) in [5.41, 5.74) is 0. The van der Waals surface area contributed by atoms with Gasteiger partial charge in [0.05, 0.1) is 19.1 Å². The van der Waals surface area contributed by atoms with Crippen LogP contribution in [0.1, 0.15) is 0 Å². The maximum absolute atomic E-state index is 11.1. The summed E-state index contributed by atoms with van der Waals surface area (Å²) in [5, 5.41) is 19.7. The number of rotatable bonds is 6. The van der Waals surface area contributed by atoms with E-state index in [4.69, 9.17) is 9.47 Å². The Kier molecular flexibility index (Phi) is 6.08. The largest absolute Gasteiger partial charge is 0.387 e. The average molecular weight is 350 g/mol. The van der Waals surface area contributed by atoms with Crippen molar-refractivity contribution in [3.63, 3.8) is 0 Å². The molecule has 1 aliphatic rings. The van der Waals surface area contributed by atoms with Crippen LogP contribution < -0.4 is 0 Å². The Bertz CT molecular complexity index is 537. The molecule has 1 fully saturated rings. The van der Waals surface area contributed by atoms with Gasteiger partial charge in [-0.2, -0.15) is 16.8 Å². The van der Waals surface area contributed by atoms with Crippen molar-refractivity contribution in [2.75, 3.05) is 26.2 Å². The lowest BCUT2D eigenvalue weighted by Crippen LogP contribution is -2.60. The molecule has 2 N–H and O–H groups in total. The Hall–Kier alpha value is -0.340. The predicted octanol–water partition coefficient (Wildman–Crippen LogP) is -2.60. The van der Waals surface area contributed by atoms with E-state index in [0.717, 1.165) is 12.5 Å². The lowest BCUT2D eigenvalue weighted by atomic mass is 9.99. The van der Waals surface area contributed by atoms with Gasteiger partial charge in [-0.25, -0.2) is 0 Å². The van der Waals surface area contributed by atoms with E-state index in [1.165, 1.54) is 7.11 Å². The first-order valence-electron chi connectivity index (χ1n) is 5.71. The van der Waals surface area contributed by atoms with Crippen molar-refractivity contribution in [3.05, 3.63) is 0 Å². The number of ether oxygens (including phenoxy) is 2. The Labute approximate surface area is 122 Å². The minimum Gasteiger partial charge on any atom is -0.387 e. The first-order valence-corrected chi connectivity index (χ1v) is 9.35. The highest BCUT2D eigenvalue weighted by molar-refractivity contribution is 7.86. The predicted molar refractivity (Wildman–Crippen MR) is 68.2 cm³/mol. The summed E-state index contributed by atoms with van der Waals surface area (Å²) in [5.74, 6) is 0. The van der Waals surface area contributed by atoms with E-state index in [1.807, 2.05) is 0 Å². The van der Waals surface area contributed by atoms with Gasteiger partial charge in [0, 0.05) is 7.11 Å². The van der Waals surface area contributed by atoms with E-state index in [2.05, 4.69) is 8.37 Å². The smallest absolute Gasteiger partial charge is 0.264 e. The summed E-state index contributed by atoms with van der Waals surface area (Å²) in [6.07, 6.45) is -5.78. The SMILES string of the molecule is CO[C@H]1O[C@@H](COS(C)(=O)=O)[C@@H](O)[C@H](O)[C@H]1OS(C)(=O)=O. The number of aliphatic hydroxyl groups excluding tert-OH is 2. The zero-order valence-corrected chi connectivity index (χ0v) is 13.2. The van der Waals surface area contributed by atoms with E-state index in [0.29, 0.717) is 0 Å². The molecule has 12 heteroatoms. The average Bonchev–Trinajstić information content (AvgIpc) is 2.31. The molecule has 21 heavy (non-hydrogen) atoms. The number of hydrogen-bond donors (Lipinski definition) is 2. The van der Waals surface area contributed by atoms with Crippen molar-refractivity contribution in [2.24, 2.45) is 0 Å². The number of hydrogen-bond acceptors (Lipinski definition) is 10. The Morgan fingerprint density at radius 2 is 1.62 bits per heavy atom. The molecule has 1 rings (SSSR count). The fourth-order valence-corrected chi connectivity index (χ4v) is 2.72. The second-order valence-corrected chi connectivity index (χ2v) is 7.76. The molecular formula is C9H18O10S2. The van der Waals surface area contributed by atoms with Gasteiger partial charge in [-0.05, 0) is 0 Å². The van der Waals surface area contributed by atoms with Crippen LogP contribution in [0.15, 0.2) is 0 Å². The molecule has 126 valence electrons. The van der Waals surface area contributed by atoms with Crippen LogP contribution in [-0.4, -0.2) is 84.0 Å². The second-order valence-electron chi connectivity index (χ2n) is 4.51. The van der Waals surface area contributed by atoms with Crippen molar-refractivity contribution in [3.8, 4) is 0 Å². The van der Waals surface area contributed by atoms with Gasteiger partial charge in [0.25, 0.3) is 20.2 Å². The molecule has 1 heterocycles. The molecule has 0 aromatic heterocycles. The van der Waals surface area contributed by atoms with Gasteiger partial charge in [0.2, 0.25) is 0 Å². The quantitative estimate of drug-likeness (QED) is 0.489. The summed E-state index contributed by atoms with van der Waals surface area (Å²) in [6, 6.07) is 0. The third kappa shape index (κ3) is 5.75. The summed E-state index contributed by atoms with van der Waals surface area (Å²) in [4.78, 5) is 0. The van der Waals surface area contributed by atoms with Crippen LogP contribution in [0.3, 0.4) is 0 Å². The highest BCUT2D eigenvalue weighted by atomic mass is 32.2. The van der Waals surface area contributed by atoms with E-state index in [1.54, 1.807) is 0 Å². The molecule has 5 atom stereocenters. The maximum atomic E-state index is 11.1. The van der Waals surface area contributed by atoms with E-state index < -0.39 is 57.5 Å². The monoisotopic (exact) mass is 350 g/mol. The van der Waals surface area contributed by atoms with Gasteiger partial charge in [-0.1, -0.05) is 0 Å². The second kappa shape index (κ2) is 6.83. The highest BCUT2D eigenvalue weighted by Gasteiger charge is 2.47. The number of methoxy groups -OCH3 is 1. The molecule has 0 spiro atoms. The molecule has 1 aliphatic heterocycles. The maximum Gasteiger partial charge on any atom is 0.264 e. The van der Waals surface area contributed by atoms with Crippen LogP contribution in [-0.2, 0) is 38.1 Å². The van der Waals surface area contributed by atoms with Gasteiger partial charge in [0.15, 0.2) is 12.4 Å². The third-order valence-corrected chi connectivity index (χ3v) is 3.75. The van der Waals surface area contributed by atoms with Crippen molar-refractivity contribution < 1.29 is 44.9 Å². The lowest BCUT2D eigenvalue weighted by molar-refractivity contribution is -0.286. The van der Waals surface area contributed by atoms with Crippen LogP contribution in [0.2, 0.25) is 0 Å². The van der Waals surface area contributed by atoms with E-state index >= 15 is 0 Å². The molecule has 0 unspecified atom stereocenters. The van der Waals surface area contributed by atoms with Crippen LogP contribution in [0.5, 0.6) is 0 Å². The molecule has 10 nitrogen and oxygen atoms in total. The standard InChI is InChI=1S/C9H18O10S2/c1-16-9-8(19-21(3,14)15)7(11)6(10)5(18-9)4-17-20(2,12)13/h5-11H,4H2,1-3H3/t5-,6+,7-,8+,9-/m0/s1. The van der Waals surface area contributed by atoms with Gasteiger partial charge >= 0.3 is 0 Å². The molecule has 0 radical (unpaired) electrons. The van der Waals surface area contributed by atoms with Crippen LogP contribution in [0, 0.1) is 0 Å². The molecule has 0 bridgehead atoms. The zero-order valence-electron chi connectivity index (χ0n) is 11.6. The third-order valence-electron chi connectivity index (χ3n) is 2.61. The zero-order chi connectivity index (χ0) is 16.4. The summed E-state index contributed by atoms with van der Waals surface area (Å²) in [7, 11) is -6.54. The van der Waals surface area contributed by atoms with Crippen molar-refractivity contribution in [1.29, 1.82) is 0 Å². The Balaban J connectivity index is 2.84. The Morgan fingerprint density at radius 1 is 1.05 bits per heavy atom. The highest BCUT2D eigenvalue weighted by Crippen LogP contribution is 2.25. The van der Waals surface area contributed by atoms with E-state index in [9.17, 15) is 27.0 Å². The van der Waals surface area contributed by atoms with Gasteiger partial charge in [-0.3, -0.25) is 8.37 Å².